The zero-order valence-electron chi connectivity index (χ0n) is 11.0. The minimum Gasteiger partial charge on any atom is -0.476 e. The maximum absolute atomic E-state index is 5.83. The van der Waals surface area contributed by atoms with Crippen LogP contribution in [0.5, 0.6) is 5.88 Å². The van der Waals surface area contributed by atoms with Gasteiger partial charge in [-0.2, -0.15) is 16.7 Å². The Bertz CT molecular complexity index is 407. The molecule has 1 heterocycles. The number of nitrogens with two attached hydrogens (primary N) is 1. The Morgan fingerprint density at radius 2 is 2.28 bits per heavy atom. The average Bonchev–Trinajstić information content (AvgIpc) is 3.17. The maximum Gasteiger partial charge on any atom is 0.239 e. The van der Waals surface area contributed by atoms with E-state index in [0.717, 1.165) is 18.8 Å². The Kier molecular flexibility index (Phi) is 4.22. The molecule has 0 amide bonds. The van der Waals surface area contributed by atoms with Gasteiger partial charge < -0.3 is 15.8 Å². The van der Waals surface area contributed by atoms with E-state index in [2.05, 4.69) is 23.5 Å². The van der Waals surface area contributed by atoms with Crippen LogP contribution in [0.3, 0.4) is 0 Å². The Balaban J connectivity index is 1.96. The van der Waals surface area contributed by atoms with Gasteiger partial charge in [0.1, 0.15) is 5.82 Å². The van der Waals surface area contributed by atoms with Gasteiger partial charge in [0, 0.05) is 11.3 Å². The molecule has 0 atom stereocenters. The molecule has 3 N–H and O–H groups in total. The van der Waals surface area contributed by atoms with Gasteiger partial charge >= 0.3 is 0 Å². The van der Waals surface area contributed by atoms with E-state index in [1.54, 1.807) is 0 Å². The highest BCUT2D eigenvalue weighted by Crippen LogP contribution is 2.47. The van der Waals surface area contributed by atoms with Crippen LogP contribution in [0.2, 0.25) is 0 Å². The second-order valence-corrected chi connectivity index (χ2v) is 5.95. The molecule has 0 spiro atoms. The lowest BCUT2D eigenvalue weighted by molar-refractivity contribution is 0.307. The third kappa shape index (κ3) is 3.22. The molecule has 0 radical (unpaired) electrons. The number of rotatable bonds is 7. The van der Waals surface area contributed by atoms with Gasteiger partial charge in [-0.05, 0) is 37.7 Å². The van der Waals surface area contributed by atoms with Crippen molar-refractivity contribution in [2.75, 3.05) is 30.5 Å². The summed E-state index contributed by atoms with van der Waals surface area (Å²) < 4.78 is 5.94. The van der Waals surface area contributed by atoms with Crippen LogP contribution in [0.25, 0.3) is 0 Å². The number of aromatic nitrogens is 1. The fourth-order valence-corrected chi connectivity index (χ4v) is 2.43. The van der Waals surface area contributed by atoms with Crippen LogP contribution in [0.15, 0.2) is 12.1 Å². The molecule has 0 saturated heterocycles. The van der Waals surface area contributed by atoms with Crippen LogP contribution < -0.4 is 15.8 Å². The smallest absolute Gasteiger partial charge is 0.239 e. The van der Waals surface area contributed by atoms with Gasteiger partial charge in [0.25, 0.3) is 0 Å². The van der Waals surface area contributed by atoms with Crippen LogP contribution in [0.4, 0.5) is 11.5 Å². The fourth-order valence-electron chi connectivity index (χ4n) is 1.71. The van der Waals surface area contributed by atoms with Gasteiger partial charge in [-0.1, -0.05) is 6.92 Å². The predicted molar refractivity (Wildman–Crippen MR) is 78.4 cm³/mol. The third-order valence-corrected chi connectivity index (χ3v) is 4.58. The van der Waals surface area contributed by atoms with Crippen LogP contribution in [-0.4, -0.2) is 29.1 Å². The van der Waals surface area contributed by atoms with E-state index in [1.807, 2.05) is 23.9 Å². The number of nitrogens with zero attached hydrogens (tertiary/aromatic N) is 1. The number of ether oxygens (including phenoxy) is 1. The molecule has 1 aromatic rings. The van der Waals surface area contributed by atoms with Crippen molar-refractivity contribution in [3.05, 3.63) is 12.1 Å². The molecule has 1 aromatic heterocycles. The molecule has 100 valence electrons. The van der Waals surface area contributed by atoms with Crippen LogP contribution in [0, 0.1) is 0 Å². The summed E-state index contributed by atoms with van der Waals surface area (Å²) >= 11 is 1.93. The van der Waals surface area contributed by atoms with Crippen molar-refractivity contribution in [3.63, 3.8) is 0 Å². The Morgan fingerprint density at radius 1 is 1.50 bits per heavy atom. The molecule has 0 aromatic carbocycles. The predicted octanol–water partition coefficient (Wildman–Crippen LogP) is 2.76. The number of hydrogen-bond acceptors (Lipinski definition) is 5. The van der Waals surface area contributed by atoms with Crippen molar-refractivity contribution in [2.45, 2.75) is 30.9 Å². The first-order valence-corrected chi connectivity index (χ1v) is 7.60. The van der Waals surface area contributed by atoms with Crippen molar-refractivity contribution in [1.82, 2.24) is 4.98 Å². The summed E-state index contributed by atoms with van der Waals surface area (Å²) in [6.45, 7) is 3.67. The summed E-state index contributed by atoms with van der Waals surface area (Å²) in [5, 5.41) is 3.37. The van der Waals surface area contributed by atoms with E-state index < -0.39 is 0 Å². The highest BCUT2D eigenvalue weighted by molar-refractivity contribution is 8.00. The first kappa shape index (κ1) is 13.3. The topological polar surface area (TPSA) is 60.2 Å². The molecule has 4 nitrogen and oxygen atoms in total. The van der Waals surface area contributed by atoms with Gasteiger partial charge in [-0.3, -0.25) is 0 Å². The van der Waals surface area contributed by atoms with E-state index in [9.17, 15) is 0 Å². The molecule has 0 bridgehead atoms. The van der Waals surface area contributed by atoms with E-state index in [4.69, 9.17) is 10.5 Å². The van der Waals surface area contributed by atoms with Gasteiger partial charge in [0.2, 0.25) is 5.88 Å². The molecule has 5 heteroatoms. The summed E-state index contributed by atoms with van der Waals surface area (Å²) in [5.41, 5.74) is 6.43. The Labute approximate surface area is 113 Å². The van der Waals surface area contributed by atoms with Crippen LogP contribution in [0.1, 0.15) is 26.2 Å². The lowest BCUT2D eigenvalue weighted by Gasteiger charge is -2.14. The number of nitrogens with one attached hydrogen (secondary N) is 1. The van der Waals surface area contributed by atoms with Gasteiger partial charge in [-0.25, -0.2) is 0 Å². The van der Waals surface area contributed by atoms with Gasteiger partial charge in [-0.15, -0.1) is 0 Å². The van der Waals surface area contributed by atoms with E-state index >= 15 is 0 Å². The number of hydrogen-bond donors (Lipinski definition) is 2. The quantitative estimate of drug-likeness (QED) is 0.795. The van der Waals surface area contributed by atoms with Crippen LogP contribution in [-0.2, 0) is 0 Å². The molecule has 1 aliphatic rings. The molecule has 0 unspecified atom stereocenters. The number of anilines is 2. The van der Waals surface area contributed by atoms with Crippen molar-refractivity contribution >= 4 is 23.3 Å². The SMILES string of the molecule is CCCOc1nc(NCC2(SC)CC2)ccc1N. The Hall–Kier alpha value is -1.10. The molecule has 0 aliphatic heterocycles. The van der Waals surface area contributed by atoms with Crippen molar-refractivity contribution in [3.8, 4) is 5.88 Å². The third-order valence-electron chi connectivity index (χ3n) is 3.16. The summed E-state index contributed by atoms with van der Waals surface area (Å²) in [6.07, 6.45) is 5.69. The van der Waals surface area contributed by atoms with Gasteiger partial charge in [0.15, 0.2) is 0 Å². The summed E-state index contributed by atoms with van der Waals surface area (Å²) in [4.78, 5) is 4.41. The van der Waals surface area contributed by atoms with E-state index in [0.29, 0.717) is 22.9 Å². The monoisotopic (exact) mass is 267 g/mol. The number of nitrogen functional groups attached to an aromatic ring is 1. The lowest BCUT2D eigenvalue weighted by atomic mass is 10.3. The first-order valence-electron chi connectivity index (χ1n) is 6.37. The second kappa shape index (κ2) is 5.69. The zero-order chi connectivity index (χ0) is 13.0. The minimum absolute atomic E-state index is 0.424. The standard InChI is InChI=1S/C13H21N3OS/c1-3-8-17-12-10(14)4-5-11(16-12)15-9-13(18-2)6-7-13/h4-5H,3,6-9,14H2,1-2H3,(H,15,16). The number of pyridine rings is 1. The molecule has 18 heavy (non-hydrogen) atoms. The highest BCUT2D eigenvalue weighted by Gasteiger charge is 2.41. The highest BCUT2D eigenvalue weighted by atomic mass is 32.2. The second-order valence-electron chi connectivity index (χ2n) is 4.68. The number of thioether (sulfide) groups is 1. The molecule has 1 fully saturated rings. The summed E-state index contributed by atoms with van der Waals surface area (Å²) in [7, 11) is 0. The summed E-state index contributed by atoms with van der Waals surface area (Å²) in [6, 6.07) is 3.75. The van der Waals surface area contributed by atoms with Crippen molar-refractivity contribution < 1.29 is 4.74 Å². The normalized spacial score (nSPS) is 16.3. The van der Waals surface area contributed by atoms with Crippen molar-refractivity contribution in [1.29, 1.82) is 0 Å². The molecule has 1 saturated carbocycles. The minimum atomic E-state index is 0.424. The van der Waals surface area contributed by atoms with E-state index in [-0.39, 0.29) is 0 Å². The molecule has 2 rings (SSSR count). The lowest BCUT2D eigenvalue weighted by Crippen LogP contribution is -2.18. The summed E-state index contributed by atoms with van der Waals surface area (Å²) in [5.74, 6) is 1.38. The van der Waals surface area contributed by atoms with Gasteiger partial charge in [0.05, 0.1) is 12.3 Å². The van der Waals surface area contributed by atoms with E-state index in [1.165, 1.54) is 12.8 Å². The maximum atomic E-state index is 5.83. The first-order chi connectivity index (χ1) is 8.69. The zero-order valence-corrected chi connectivity index (χ0v) is 11.8. The molecular weight excluding hydrogens is 246 g/mol. The largest absolute Gasteiger partial charge is 0.476 e. The average molecular weight is 267 g/mol. The molecule has 1 aliphatic carbocycles. The van der Waals surface area contributed by atoms with Crippen LogP contribution >= 0.6 is 11.8 Å². The molecular formula is C13H21N3OS. The fraction of sp³-hybridized carbons (Fsp3) is 0.615. The van der Waals surface area contributed by atoms with Crippen molar-refractivity contribution in [2.24, 2.45) is 0 Å². The Morgan fingerprint density at radius 3 is 2.89 bits per heavy atom.